The molecule has 1 aromatic carbocycles. The van der Waals surface area contributed by atoms with E-state index in [1.54, 1.807) is 10.3 Å². The van der Waals surface area contributed by atoms with Gasteiger partial charge in [-0.2, -0.15) is 0 Å². The molecule has 0 bridgehead atoms. The molecule has 11 heavy (non-hydrogen) atoms. The van der Waals surface area contributed by atoms with Crippen LogP contribution in [0.5, 0.6) is 0 Å². The summed E-state index contributed by atoms with van der Waals surface area (Å²) in [5.41, 5.74) is 2.03. The van der Waals surface area contributed by atoms with Crippen molar-refractivity contribution in [3.63, 3.8) is 0 Å². The third-order valence-corrected chi connectivity index (χ3v) is 1.75. The predicted molar refractivity (Wildman–Crippen MR) is 44.1 cm³/mol. The molecule has 0 saturated heterocycles. The van der Waals surface area contributed by atoms with E-state index in [2.05, 4.69) is 17.8 Å². The monoisotopic (exact) mass is 214 g/mol. The first kappa shape index (κ1) is 8.76. The van der Waals surface area contributed by atoms with Gasteiger partial charge in [0.2, 0.25) is 0 Å². The summed E-state index contributed by atoms with van der Waals surface area (Å²) in [5, 5.41) is 0. The largest absolute Gasteiger partial charge is 2.00 e. The van der Waals surface area contributed by atoms with Crippen LogP contribution in [-0.2, 0) is 19.5 Å². The third kappa shape index (κ3) is 1.47. The van der Waals surface area contributed by atoms with Crippen molar-refractivity contribution in [3.05, 3.63) is 30.6 Å². The van der Waals surface area contributed by atoms with E-state index in [1.807, 2.05) is 24.3 Å². The minimum absolute atomic E-state index is 0. The number of hydrogen-bond donors (Lipinski definition) is 1. The van der Waals surface area contributed by atoms with E-state index in [9.17, 15) is 0 Å². The number of benzene rings is 1. The van der Waals surface area contributed by atoms with Gasteiger partial charge in [0.25, 0.3) is 0 Å². The molecular weight excluding hydrogens is 210 g/mol. The molecule has 0 aliphatic rings. The fraction of sp³-hybridized carbons (Fsp3) is 0. The minimum atomic E-state index is 0. The summed E-state index contributed by atoms with van der Waals surface area (Å²) in [6, 6.07) is 7.87. The van der Waals surface area contributed by atoms with Crippen LogP contribution in [-0.4, -0.2) is 8.96 Å². The number of rotatable bonds is 0. The van der Waals surface area contributed by atoms with Gasteiger partial charge in [-0.15, -0.1) is 0 Å². The zero-order valence-corrected chi connectivity index (χ0v) is 9.80. The van der Waals surface area contributed by atoms with Crippen molar-refractivity contribution in [2.75, 3.05) is 0 Å². The molecule has 0 fully saturated rings. The molecule has 2 nitrogen and oxygen atoms in total. The molecule has 50 valence electrons. The average molecular weight is 216 g/mol. The van der Waals surface area contributed by atoms with E-state index in [0.29, 0.717) is 0 Å². The van der Waals surface area contributed by atoms with Crippen LogP contribution in [0.2, 0.25) is 0 Å². The SMILES string of the molecule is Sn1cnc2ccccc21.[Zn+2]. The Morgan fingerprint density at radius 1 is 1.27 bits per heavy atom. The molecule has 0 aliphatic heterocycles. The van der Waals surface area contributed by atoms with Crippen LogP contribution in [0.15, 0.2) is 30.6 Å². The topological polar surface area (TPSA) is 17.8 Å². The molecule has 0 saturated carbocycles. The second kappa shape index (κ2) is 3.37. The van der Waals surface area contributed by atoms with Gasteiger partial charge in [0.15, 0.2) is 0 Å². The normalized spacial score (nSPS) is 9.55. The van der Waals surface area contributed by atoms with E-state index in [-0.39, 0.29) is 19.5 Å². The summed E-state index contributed by atoms with van der Waals surface area (Å²) in [6.45, 7) is 0. The van der Waals surface area contributed by atoms with Gasteiger partial charge in [0.1, 0.15) is 6.33 Å². The number of para-hydroxylation sites is 2. The quantitative estimate of drug-likeness (QED) is 0.524. The summed E-state index contributed by atoms with van der Waals surface area (Å²) in [5.74, 6) is 0. The molecule has 1 aromatic heterocycles. The number of hydrogen-bond acceptors (Lipinski definition) is 2. The maximum atomic E-state index is 4.16. The maximum absolute atomic E-state index is 4.16. The Labute approximate surface area is 82.9 Å². The fourth-order valence-electron chi connectivity index (χ4n) is 0.946. The van der Waals surface area contributed by atoms with Gasteiger partial charge < -0.3 is 0 Å². The molecule has 0 aliphatic carbocycles. The first-order chi connectivity index (χ1) is 4.88. The number of fused-ring (bicyclic) bond motifs is 1. The first-order valence-corrected chi connectivity index (χ1v) is 3.39. The van der Waals surface area contributed by atoms with Crippen LogP contribution >= 0.6 is 12.8 Å². The van der Waals surface area contributed by atoms with Crippen LogP contribution in [0.25, 0.3) is 11.0 Å². The molecule has 0 N–H and O–H groups in total. The molecule has 0 spiro atoms. The molecule has 2 aromatic rings. The summed E-state index contributed by atoms with van der Waals surface area (Å²) in [7, 11) is 0. The molecule has 0 atom stereocenters. The number of imidazole rings is 1. The Morgan fingerprint density at radius 3 is 2.73 bits per heavy atom. The van der Waals surface area contributed by atoms with Crippen LogP contribution in [0.1, 0.15) is 0 Å². The van der Waals surface area contributed by atoms with Gasteiger partial charge in [-0.1, -0.05) is 24.9 Å². The van der Waals surface area contributed by atoms with E-state index in [4.69, 9.17) is 0 Å². The van der Waals surface area contributed by atoms with Gasteiger partial charge in [-0.3, -0.25) is 3.97 Å². The summed E-state index contributed by atoms with van der Waals surface area (Å²) in [4.78, 5) is 4.10. The number of thiol groups is 1. The standard InChI is InChI=1S/C7H6N2S.Zn/c10-9-5-8-6-3-1-2-4-7(6)9;/h1-5,10H;/q;+2. The van der Waals surface area contributed by atoms with E-state index < -0.39 is 0 Å². The summed E-state index contributed by atoms with van der Waals surface area (Å²) >= 11 is 4.16. The van der Waals surface area contributed by atoms with Crippen LogP contribution in [0.3, 0.4) is 0 Å². The zero-order valence-electron chi connectivity index (χ0n) is 5.94. The molecule has 4 heteroatoms. The molecule has 2 rings (SSSR count). The van der Waals surface area contributed by atoms with Crippen molar-refractivity contribution in [3.8, 4) is 0 Å². The van der Waals surface area contributed by atoms with Crippen LogP contribution in [0.4, 0.5) is 0 Å². The van der Waals surface area contributed by atoms with Gasteiger partial charge in [-0.25, -0.2) is 4.98 Å². The van der Waals surface area contributed by atoms with Crippen molar-refractivity contribution in [2.45, 2.75) is 0 Å². The van der Waals surface area contributed by atoms with E-state index in [0.717, 1.165) is 11.0 Å². The van der Waals surface area contributed by atoms with Crippen molar-refractivity contribution in [1.29, 1.82) is 0 Å². The van der Waals surface area contributed by atoms with E-state index >= 15 is 0 Å². The average Bonchev–Trinajstić information content (AvgIpc) is 2.34. The maximum Gasteiger partial charge on any atom is 2.00 e. The third-order valence-electron chi connectivity index (χ3n) is 1.43. The second-order valence-corrected chi connectivity index (χ2v) is 2.51. The molecule has 1 heterocycles. The minimum Gasteiger partial charge on any atom is -0.275 e. The Kier molecular flexibility index (Phi) is 2.69. The summed E-state index contributed by atoms with van der Waals surface area (Å²) in [6.07, 6.45) is 1.69. The Morgan fingerprint density at radius 2 is 2.00 bits per heavy atom. The fourth-order valence-corrected chi connectivity index (χ4v) is 1.17. The van der Waals surface area contributed by atoms with Gasteiger partial charge in [0, 0.05) is 0 Å². The van der Waals surface area contributed by atoms with Crippen LogP contribution in [0, 0.1) is 0 Å². The Balaban J connectivity index is 0.000000605. The smallest absolute Gasteiger partial charge is 0.275 e. The van der Waals surface area contributed by atoms with Crippen molar-refractivity contribution in [2.24, 2.45) is 0 Å². The molecule has 0 amide bonds. The molecule has 0 unspecified atom stereocenters. The van der Waals surface area contributed by atoms with Gasteiger partial charge >= 0.3 is 19.5 Å². The second-order valence-electron chi connectivity index (χ2n) is 2.08. The zero-order chi connectivity index (χ0) is 6.97. The number of aromatic nitrogens is 2. The first-order valence-electron chi connectivity index (χ1n) is 2.99. The van der Waals surface area contributed by atoms with Crippen molar-refractivity contribution in [1.82, 2.24) is 8.96 Å². The van der Waals surface area contributed by atoms with Crippen molar-refractivity contribution < 1.29 is 19.5 Å². The van der Waals surface area contributed by atoms with Gasteiger partial charge in [-0.05, 0) is 12.1 Å². The Bertz CT molecular complexity index is 358. The molecule has 0 radical (unpaired) electrons. The predicted octanol–water partition coefficient (Wildman–Crippen LogP) is 1.73. The number of nitrogens with zero attached hydrogens (tertiary/aromatic N) is 2. The summed E-state index contributed by atoms with van der Waals surface area (Å²) < 4.78 is 1.70. The van der Waals surface area contributed by atoms with E-state index in [1.165, 1.54) is 0 Å². The van der Waals surface area contributed by atoms with Gasteiger partial charge in [0.05, 0.1) is 11.0 Å². The van der Waals surface area contributed by atoms with Crippen LogP contribution < -0.4 is 0 Å². The van der Waals surface area contributed by atoms with Crippen molar-refractivity contribution >= 4 is 23.8 Å². The Hall–Kier alpha value is -0.337. The molecular formula is C7H6N2SZn+2.